The third-order valence-corrected chi connectivity index (χ3v) is 6.59. The fourth-order valence-corrected chi connectivity index (χ4v) is 5.00. The summed E-state index contributed by atoms with van der Waals surface area (Å²) in [6.45, 7) is 8.20. The molecule has 0 radical (unpaired) electrons. The quantitative estimate of drug-likeness (QED) is 0.508. The number of benzene rings is 2. The molecule has 0 saturated carbocycles. The zero-order chi connectivity index (χ0) is 26.0. The normalized spacial score (nSPS) is 18.9. The molecule has 1 unspecified atom stereocenters. The van der Waals surface area contributed by atoms with Crippen molar-refractivity contribution in [1.82, 2.24) is 5.32 Å². The Hall–Kier alpha value is -3.61. The van der Waals surface area contributed by atoms with Crippen LogP contribution in [0.3, 0.4) is 0 Å². The van der Waals surface area contributed by atoms with Crippen molar-refractivity contribution in [2.45, 2.75) is 53.1 Å². The average Bonchev–Trinajstić information content (AvgIpc) is 2.82. The van der Waals surface area contributed by atoms with Gasteiger partial charge in [0.2, 0.25) is 0 Å². The molecule has 0 fully saturated rings. The monoisotopic (exact) mass is 493 g/mol. The van der Waals surface area contributed by atoms with Gasteiger partial charge in [0.05, 0.1) is 19.3 Å². The van der Waals surface area contributed by atoms with E-state index in [2.05, 4.69) is 19.2 Å². The van der Waals surface area contributed by atoms with Crippen LogP contribution in [0.15, 0.2) is 65.0 Å². The molecule has 1 heterocycles. The summed E-state index contributed by atoms with van der Waals surface area (Å²) in [5.41, 5.74) is 3.96. The summed E-state index contributed by atoms with van der Waals surface area (Å²) in [6, 6.07) is 11.4. The van der Waals surface area contributed by atoms with Gasteiger partial charge < -0.3 is 19.5 Å². The number of allylic oxidation sites excluding steroid dienone is 3. The molecule has 2 aromatic rings. The van der Waals surface area contributed by atoms with Gasteiger partial charge in [0.1, 0.15) is 23.9 Å². The first-order chi connectivity index (χ1) is 17.1. The minimum absolute atomic E-state index is 0.0238. The zero-order valence-corrected chi connectivity index (χ0v) is 21.4. The maximum atomic E-state index is 13.4. The van der Waals surface area contributed by atoms with Gasteiger partial charge in [-0.05, 0) is 61.6 Å². The Morgan fingerprint density at radius 1 is 1.14 bits per heavy atom. The lowest BCUT2D eigenvalue weighted by Gasteiger charge is -2.39. The SMILES string of the molecule is CCOC(=O)C1=C(C)NC2=C(C(=O)CC(C)(C)C2)C1c1ccc(COc2ccc(F)cc2)c(OC)c1. The topological polar surface area (TPSA) is 73.9 Å². The Balaban J connectivity index is 1.73. The smallest absolute Gasteiger partial charge is 0.336 e. The first-order valence-corrected chi connectivity index (χ1v) is 12.1. The summed E-state index contributed by atoms with van der Waals surface area (Å²) >= 11 is 0. The Morgan fingerprint density at radius 2 is 1.86 bits per heavy atom. The van der Waals surface area contributed by atoms with E-state index >= 15 is 0 Å². The largest absolute Gasteiger partial charge is 0.496 e. The third kappa shape index (κ3) is 5.15. The van der Waals surface area contributed by atoms with Crippen molar-refractivity contribution in [2.24, 2.45) is 5.41 Å². The molecule has 0 aromatic heterocycles. The minimum Gasteiger partial charge on any atom is -0.496 e. The third-order valence-electron chi connectivity index (χ3n) is 6.59. The van der Waals surface area contributed by atoms with Crippen LogP contribution in [-0.2, 0) is 20.9 Å². The molecule has 1 N–H and O–H groups in total. The molecule has 2 aromatic carbocycles. The lowest BCUT2D eigenvalue weighted by molar-refractivity contribution is -0.138. The van der Waals surface area contributed by atoms with Gasteiger partial charge in [-0.3, -0.25) is 4.79 Å². The summed E-state index contributed by atoms with van der Waals surface area (Å²) in [5, 5.41) is 3.34. The van der Waals surface area contributed by atoms with Crippen molar-refractivity contribution >= 4 is 11.8 Å². The van der Waals surface area contributed by atoms with Crippen molar-refractivity contribution in [2.75, 3.05) is 13.7 Å². The van der Waals surface area contributed by atoms with E-state index in [4.69, 9.17) is 14.2 Å². The maximum absolute atomic E-state index is 13.4. The molecule has 36 heavy (non-hydrogen) atoms. The van der Waals surface area contributed by atoms with E-state index < -0.39 is 11.9 Å². The van der Waals surface area contributed by atoms with E-state index in [-0.39, 0.29) is 30.2 Å². The summed E-state index contributed by atoms with van der Waals surface area (Å²) in [4.78, 5) is 26.5. The Labute approximate surface area is 211 Å². The number of carbonyl (C=O) groups excluding carboxylic acids is 2. The fraction of sp³-hybridized carbons (Fsp3) is 0.379. The highest BCUT2D eigenvalue weighted by Gasteiger charge is 2.43. The number of dihydropyridines is 1. The molecule has 1 aliphatic carbocycles. The summed E-state index contributed by atoms with van der Waals surface area (Å²) in [7, 11) is 1.56. The number of halogens is 1. The van der Waals surface area contributed by atoms with Crippen molar-refractivity contribution < 1.29 is 28.2 Å². The number of esters is 1. The van der Waals surface area contributed by atoms with E-state index in [1.807, 2.05) is 25.1 Å². The number of ketones is 1. The number of ether oxygens (including phenoxy) is 3. The predicted molar refractivity (Wildman–Crippen MR) is 134 cm³/mol. The number of nitrogens with one attached hydrogen (secondary N) is 1. The molecule has 4 rings (SSSR count). The van der Waals surface area contributed by atoms with Crippen molar-refractivity contribution in [3.63, 3.8) is 0 Å². The van der Waals surface area contributed by atoms with Crippen molar-refractivity contribution in [3.8, 4) is 11.5 Å². The van der Waals surface area contributed by atoms with Gasteiger partial charge in [0.25, 0.3) is 0 Å². The molecule has 0 saturated heterocycles. The van der Waals surface area contributed by atoms with Gasteiger partial charge in [-0.25, -0.2) is 9.18 Å². The van der Waals surface area contributed by atoms with Crippen molar-refractivity contribution in [3.05, 3.63) is 81.9 Å². The lowest BCUT2D eigenvalue weighted by Crippen LogP contribution is -2.38. The number of Topliss-reactive ketones (excluding diaryl/α,β-unsaturated/α-hetero) is 1. The van der Waals surface area contributed by atoms with E-state index in [1.165, 1.54) is 12.1 Å². The van der Waals surface area contributed by atoms with E-state index in [1.54, 1.807) is 26.2 Å². The van der Waals surface area contributed by atoms with Gasteiger partial charge in [-0.2, -0.15) is 0 Å². The van der Waals surface area contributed by atoms with Crippen LogP contribution < -0.4 is 14.8 Å². The Bertz CT molecular complexity index is 1240. The first kappa shape index (κ1) is 25.5. The number of rotatable bonds is 7. The molecular weight excluding hydrogens is 461 g/mol. The van der Waals surface area contributed by atoms with Gasteiger partial charge in [-0.15, -0.1) is 0 Å². The van der Waals surface area contributed by atoms with Crippen LogP contribution >= 0.6 is 0 Å². The first-order valence-electron chi connectivity index (χ1n) is 12.1. The average molecular weight is 494 g/mol. The summed E-state index contributed by atoms with van der Waals surface area (Å²) in [5.74, 6) is -0.213. The highest BCUT2D eigenvalue weighted by molar-refractivity contribution is 6.04. The molecule has 1 atom stereocenters. The molecule has 0 bridgehead atoms. The van der Waals surface area contributed by atoms with Crippen LogP contribution in [0.5, 0.6) is 11.5 Å². The minimum atomic E-state index is -0.565. The molecule has 0 amide bonds. The molecule has 6 nitrogen and oxygen atoms in total. The van der Waals surface area contributed by atoms with Crippen LogP contribution in [0.2, 0.25) is 0 Å². The summed E-state index contributed by atoms with van der Waals surface area (Å²) in [6.07, 6.45) is 1.11. The fourth-order valence-electron chi connectivity index (χ4n) is 5.00. The van der Waals surface area contributed by atoms with Crippen LogP contribution in [0.25, 0.3) is 0 Å². The highest BCUT2D eigenvalue weighted by Crippen LogP contribution is 2.47. The molecule has 7 heteroatoms. The molecular formula is C29H32FNO5. The second-order valence-corrected chi connectivity index (χ2v) is 9.96. The Kier molecular flexibility index (Phi) is 7.20. The predicted octanol–water partition coefficient (Wildman–Crippen LogP) is 5.58. The molecule has 0 spiro atoms. The molecule has 1 aliphatic heterocycles. The highest BCUT2D eigenvalue weighted by atomic mass is 19.1. The summed E-state index contributed by atoms with van der Waals surface area (Å²) < 4.78 is 30.1. The maximum Gasteiger partial charge on any atom is 0.336 e. The zero-order valence-electron chi connectivity index (χ0n) is 21.4. The number of carbonyl (C=O) groups is 2. The van der Waals surface area contributed by atoms with Gasteiger partial charge in [0, 0.05) is 34.9 Å². The van der Waals surface area contributed by atoms with E-state index in [0.717, 1.165) is 16.8 Å². The second kappa shape index (κ2) is 10.2. The van der Waals surface area contributed by atoms with Crippen LogP contribution in [0.1, 0.15) is 57.6 Å². The van der Waals surface area contributed by atoms with Crippen LogP contribution in [0.4, 0.5) is 4.39 Å². The standard InChI is InChI=1S/C29H32FNO5/c1-6-35-28(33)25-17(2)31-22-14-29(3,4)15-23(32)27(22)26(25)18-7-8-19(24(13-18)34-5)16-36-21-11-9-20(30)10-12-21/h7-13,26,31H,6,14-16H2,1-5H3. The van der Waals surface area contributed by atoms with E-state index in [0.29, 0.717) is 41.2 Å². The lowest BCUT2D eigenvalue weighted by atomic mass is 9.68. The van der Waals surface area contributed by atoms with Gasteiger partial charge in [-0.1, -0.05) is 26.0 Å². The molecule has 2 aliphatic rings. The van der Waals surface area contributed by atoms with Gasteiger partial charge >= 0.3 is 5.97 Å². The molecule has 190 valence electrons. The van der Waals surface area contributed by atoms with Crippen LogP contribution in [-0.4, -0.2) is 25.5 Å². The Morgan fingerprint density at radius 3 is 2.53 bits per heavy atom. The second-order valence-electron chi connectivity index (χ2n) is 9.96. The van der Waals surface area contributed by atoms with Crippen molar-refractivity contribution in [1.29, 1.82) is 0 Å². The number of hydrogen-bond donors (Lipinski definition) is 1. The number of hydrogen-bond acceptors (Lipinski definition) is 6. The van der Waals surface area contributed by atoms with Crippen LogP contribution in [0, 0.1) is 11.2 Å². The van der Waals surface area contributed by atoms with Gasteiger partial charge in [0.15, 0.2) is 5.78 Å². The van der Waals surface area contributed by atoms with E-state index in [9.17, 15) is 14.0 Å². The number of methoxy groups -OCH3 is 1.